The summed E-state index contributed by atoms with van der Waals surface area (Å²) in [5.74, 6) is -0.0266. The smallest absolute Gasteiger partial charge is 0.410 e. The number of methoxy groups -OCH3 is 2. The fourth-order valence-electron chi connectivity index (χ4n) is 2.39. The highest BCUT2D eigenvalue weighted by Crippen LogP contribution is 2.32. The number of esters is 1. The molecule has 1 amide bonds. The maximum absolute atomic E-state index is 12.5. The molecule has 0 aliphatic carbocycles. The minimum Gasteiger partial charge on any atom is -0.497 e. The SMILES string of the molecule is COC(=O)C(c1cc(OC)ccc1Br)N(C)C(=O)OCc1ccccc1. The van der Waals surface area contributed by atoms with E-state index in [2.05, 4.69) is 15.9 Å². The molecule has 0 heterocycles. The molecule has 0 aliphatic rings. The molecule has 138 valence electrons. The molecular weight excluding hydrogens is 402 g/mol. The Hall–Kier alpha value is -2.54. The van der Waals surface area contributed by atoms with Crippen LogP contribution in [-0.4, -0.2) is 38.2 Å². The molecule has 0 spiro atoms. The lowest BCUT2D eigenvalue weighted by molar-refractivity contribution is -0.146. The summed E-state index contributed by atoms with van der Waals surface area (Å²) in [6.45, 7) is 0.108. The number of carbonyl (C=O) groups is 2. The van der Waals surface area contributed by atoms with E-state index in [1.807, 2.05) is 30.3 Å². The molecule has 0 saturated carbocycles. The molecule has 0 N–H and O–H groups in total. The third-order valence-corrected chi connectivity index (χ3v) is 4.52. The maximum atomic E-state index is 12.5. The highest BCUT2D eigenvalue weighted by Gasteiger charge is 2.32. The Labute approximate surface area is 160 Å². The summed E-state index contributed by atoms with van der Waals surface area (Å²) in [4.78, 5) is 26.0. The summed E-state index contributed by atoms with van der Waals surface area (Å²) in [6.07, 6.45) is -0.640. The molecule has 2 aromatic rings. The van der Waals surface area contributed by atoms with E-state index >= 15 is 0 Å². The van der Waals surface area contributed by atoms with Crippen LogP contribution in [0.15, 0.2) is 53.0 Å². The normalized spacial score (nSPS) is 11.4. The van der Waals surface area contributed by atoms with Crippen LogP contribution in [0.2, 0.25) is 0 Å². The van der Waals surface area contributed by atoms with Gasteiger partial charge in [-0.3, -0.25) is 4.90 Å². The van der Waals surface area contributed by atoms with Gasteiger partial charge in [0.2, 0.25) is 0 Å². The van der Waals surface area contributed by atoms with Crippen LogP contribution in [0.4, 0.5) is 4.79 Å². The minimum absolute atomic E-state index is 0.108. The standard InChI is InChI=1S/C19H20BrNO5/c1-21(19(23)26-12-13-7-5-4-6-8-13)17(18(22)25-3)15-11-14(24-2)9-10-16(15)20/h4-11,17H,12H2,1-3H3. The highest BCUT2D eigenvalue weighted by atomic mass is 79.9. The second-order valence-corrected chi connectivity index (χ2v) is 6.32. The van der Waals surface area contributed by atoms with E-state index < -0.39 is 18.1 Å². The van der Waals surface area contributed by atoms with Gasteiger partial charge in [0.25, 0.3) is 0 Å². The number of nitrogens with zero attached hydrogens (tertiary/aromatic N) is 1. The predicted molar refractivity (Wildman–Crippen MR) is 99.8 cm³/mol. The van der Waals surface area contributed by atoms with Gasteiger partial charge in [0.1, 0.15) is 12.4 Å². The summed E-state index contributed by atoms with van der Waals surface area (Å²) in [5, 5.41) is 0. The zero-order valence-corrected chi connectivity index (χ0v) is 16.4. The third kappa shape index (κ3) is 4.76. The monoisotopic (exact) mass is 421 g/mol. The zero-order chi connectivity index (χ0) is 19.1. The highest BCUT2D eigenvalue weighted by molar-refractivity contribution is 9.10. The molecule has 0 bridgehead atoms. The van der Waals surface area contributed by atoms with Gasteiger partial charge < -0.3 is 14.2 Å². The lowest BCUT2D eigenvalue weighted by atomic mass is 10.1. The Kier molecular flexibility index (Phi) is 7.03. The van der Waals surface area contributed by atoms with Crippen LogP contribution in [0.5, 0.6) is 5.75 Å². The summed E-state index contributed by atoms with van der Waals surface area (Å²) in [5.41, 5.74) is 1.39. The van der Waals surface area contributed by atoms with E-state index in [9.17, 15) is 9.59 Å². The van der Waals surface area contributed by atoms with E-state index in [4.69, 9.17) is 14.2 Å². The Morgan fingerprint density at radius 3 is 2.42 bits per heavy atom. The number of benzene rings is 2. The molecule has 0 saturated heterocycles. The first-order chi connectivity index (χ1) is 12.5. The fraction of sp³-hybridized carbons (Fsp3) is 0.263. The molecule has 2 rings (SSSR count). The maximum Gasteiger partial charge on any atom is 0.410 e. The number of carbonyl (C=O) groups excluding carboxylic acids is 2. The van der Waals surface area contributed by atoms with Gasteiger partial charge in [-0.1, -0.05) is 46.3 Å². The Bertz CT molecular complexity index is 766. The van der Waals surface area contributed by atoms with Crippen molar-refractivity contribution in [2.24, 2.45) is 0 Å². The predicted octanol–water partition coefficient (Wildman–Crippen LogP) is 3.94. The molecular formula is C19H20BrNO5. The number of hydrogen-bond donors (Lipinski definition) is 0. The largest absolute Gasteiger partial charge is 0.497 e. The number of halogens is 1. The average Bonchev–Trinajstić information content (AvgIpc) is 2.68. The van der Waals surface area contributed by atoms with Crippen LogP contribution in [0.25, 0.3) is 0 Å². The van der Waals surface area contributed by atoms with Crippen LogP contribution in [0, 0.1) is 0 Å². The van der Waals surface area contributed by atoms with Crippen molar-refractivity contribution < 1.29 is 23.8 Å². The molecule has 1 unspecified atom stereocenters. The van der Waals surface area contributed by atoms with Gasteiger partial charge in [0.15, 0.2) is 6.04 Å². The molecule has 26 heavy (non-hydrogen) atoms. The summed E-state index contributed by atoms with van der Waals surface area (Å²) in [7, 11) is 4.28. The van der Waals surface area contributed by atoms with Crippen LogP contribution in [0.3, 0.4) is 0 Å². The third-order valence-electron chi connectivity index (χ3n) is 3.80. The number of ether oxygens (including phenoxy) is 3. The van der Waals surface area contributed by atoms with E-state index in [0.717, 1.165) is 5.56 Å². The summed E-state index contributed by atoms with van der Waals surface area (Å²) >= 11 is 3.41. The van der Waals surface area contributed by atoms with E-state index in [1.165, 1.54) is 26.2 Å². The first-order valence-corrected chi connectivity index (χ1v) is 8.62. The first kappa shape index (κ1) is 19.8. The van der Waals surface area contributed by atoms with Crippen molar-refractivity contribution >= 4 is 28.0 Å². The minimum atomic E-state index is -0.979. The van der Waals surface area contributed by atoms with Crippen LogP contribution in [0.1, 0.15) is 17.2 Å². The lowest BCUT2D eigenvalue weighted by Crippen LogP contribution is -2.37. The molecule has 2 aromatic carbocycles. The zero-order valence-electron chi connectivity index (χ0n) is 14.8. The van der Waals surface area contributed by atoms with Crippen molar-refractivity contribution in [3.8, 4) is 5.75 Å². The van der Waals surface area contributed by atoms with Crippen LogP contribution < -0.4 is 4.74 Å². The lowest BCUT2D eigenvalue weighted by Gasteiger charge is -2.26. The quantitative estimate of drug-likeness (QED) is 0.660. The first-order valence-electron chi connectivity index (χ1n) is 7.82. The molecule has 0 fully saturated rings. The Morgan fingerprint density at radius 1 is 1.12 bits per heavy atom. The van der Waals surface area contributed by atoms with Gasteiger partial charge in [0.05, 0.1) is 14.2 Å². The molecule has 1 atom stereocenters. The number of likely N-dealkylation sites (N-methyl/N-ethyl adjacent to an activating group) is 1. The van der Waals surface area contributed by atoms with Crippen molar-refractivity contribution in [2.75, 3.05) is 21.3 Å². The molecule has 0 aromatic heterocycles. The number of hydrogen-bond acceptors (Lipinski definition) is 5. The molecule has 7 heteroatoms. The van der Waals surface area contributed by atoms with Gasteiger partial charge in [-0.05, 0) is 23.8 Å². The number of rotatable bonds is 6. The van der Waals surface area contributed by atoms with Gasteiger partial charge in [-0.15, -0.1) is 0 Å². The van der Waals surface area contributed by atoms with Crippen molar-refractivity contribution in [3.05, 3.63) is 64.1 Å². The molecule has 0 aliphatic heterocycles. The van der Waals surface area contributed by atoms with Crippen molar-refractivity contribution in [2.45, 2.75) is 12.6 Å². The van der Waals surface area contributed by atoms with Gasteiger partial charge >= 0.3 is 12.1 Å². The van der Waals surface area contributed by atoms with Crippen molar-refractivity contribution in [3.63, 3.8) is 0 Å². The number of amides is 1. The summed E-state index contributed by atoms with van der Waals surface area (Å²) in [6, 6.07) is 13.5. The van der Waals surface area contributed by atoms with Gasteiger partial charge in [-0.25, -0.2) is 9.59 Å². The van der Waals surface area contributed by atoms with Crippen LogP contribution in [-0.2, 0) is 20.9 Å². The second kappa shape index (κ2) is 9.24. The Morgan fingerprint density at radius 2 is 1.81 bits per heavy atom. The second-order valence-electron chi connectivity index (χ2n) is 5.46. The topological polar surface area (TPSA) is 65.1 Å². The van der Waals surface area contributed by atoms with Crippen LogP contribution >= 0.6 is 15.9 Å². The van der Waals surface area contributed by atoms with E-state index in [-0.39, 0.29) is 6.61 Å². The Balaban J connectivity index is 2.23. The van der Waals surface area contributed by atoms with Crippen molar-refractivity contribution in [1.82, 2.24) is 4.90 Å². The molecule has 0 radical (unpaired) electrons. The summed E-state index contributed by atoms with van der Waals surface area (Å²) < 4.78 is 16.1. The van der Waals surface area contributed by atoms with E-state index in [0.29, 0.717) is 15.8 Å². The van der Waals surface area contributed by atoms with Gasteiger partial charge in [0, 0.05) is 17.1 Å². The fourth-order valence-corrected chi connectivity index (χ4v) is 2.85. The average molecular weight is 422 g/mol. The molecule has 6 nitrogen and oxygen atoms in total. The van der Waals surface area contributed by atoms with Gasteiger partial charge in [-0.2, -0.15) is 0 Å². The van der Waals surface area contributed by atoms with E-state index in [1.54, 1.807) is 18.2 Å². The van der Waals surface area contributed by atoms with Crippen molar-refractivity contribution in [1.29, 1.82) is 0 Å².